The van der Waals surface area contributed by atoms with Crippen LogP contribution in [0.5, 0.6) is 0 Å². The first-order valence-corrected chi connectivity index (χ1v) is 9.28. The number of carbonyl (C=O) groups excluding carboxylic acids is 1. The molecule has 0 fully saturated rings. The lowest BCUT2D eigenvalue weighted by Crippen LogP contribution is -2.26. The van der Waals surface area contributed by atoms with Crippen molar-refractivity contribution in [2.24, 2.45) is 0 Å². The van der Waals surface area contributed by atoms with Crippen LogP contribution >= 0.6 is 0 Å². The minimum Gasteiger partial charge on any atom is -0.307 e. The highest BCUT2D eigenvalue weighted by Crippen LogP contribution is 2.27. The number of benzene rings is 1. The normalized spacial score (nSPS) is 15.8. The lowest BCUT2D eigenvalue weighted by Gasteiger charge is -2.25. The maximum absolute atomic E-state index is 12.5. The van der Waals surface area contributed by atoms with Crippen molar-refractivity contribution in [1.82, 2.24) is 15.3 Å². The SMILES string of the molecule is O=C(Nc1ccccn1)c1cccc(CNC2CCCc3cccnc32)c1. The molecule has 27 heavy (non-hydrogen) atoms. The summed E-state index contributed by atoms with van der Waals surface area (Å²) in [6, 6.07) is 17.6. The van der Waals surface area contributed by atoms with Gasteiger partial charge in [0.2, 0.25) is 0 Å². The predicted octanol–water partition coefficient (Wildman–Crippen LogP) is 3.90. The molecule has 5 nitrogen and oxygen atoms in total. The van der Waals surface area contributed by atoms with E-state index >= 15 is 0 Å². The molecule has 1 unspecified atom stereocenters. The summed E-state index contributed by atoms with van der Waals surface area (Å²) in [6.45, 7) is 0.700. The Labute approximate surface area is 158 Å². The van der Waals surface area contributed by atoms with Crippen LogP contribution in [-0.2, 0) is 13.0 Å². The van der Waals surface area contributed by atoms with E-state index in [4.69, 9.17) is 0 Å². The molecule has 1 aromatic carbocycles. The summed E-state index contributed by atoms with van der Waals surface area (Å²) in [5.41, 5.74) is 4.20. The number of amides is 1. The van der Waals surface area contributed by atoms with Gasteiger partial charge >= 0.3 is 0 Å². The summed E-state index contributed by atoms with van der Waals surface area (Å²) in [4.78, 5) is 21.2. The molecule has 1 amide bonds. The zero-order valence-electron chi connectivity index (χ0n) is 15.1. The Morgan fingerprint density at radius 1 is 1.04 bits per heavy atom. The Balaban J connectivity index is 1.42. The molecule has 1 aliphatic rings. The Kier molecular flexibility index (Phi) is 5.21. The van der Waals surface area contributed by atoms with Gasteiger partial charge in [-0.1, -0.05) is 24.3 Å². The molecule has 0 spiro atoms. The summed E-state index contributed by atoms with van der Waals surface area (Å²) in [5.74, 6) is 0.399. The van der Waals surface area contributed by atoms with Crippen molar-refractivity contribution in [3.8, 4) is 0 Å². The number of aromatic nitrogens is 2. The summed E-state index contributed by atoms with van der Waals surface area (Å²) >= 11 is 0. The van der Waals surface area contributed by atoms with Crippen LogP contribution in [0.25, 0.3) is 0 Å². The van der Waals surface area contributed by atoms with Crippen molar-refractivity contribution < 1.29 is 4.79 Å². The Bertz CT molecular complexity index is 926. The van der Waals surface area contributed by atoms with Gasteiger partial charge in [0.05, 0.1) is 11.7 Å². The molecule has 0 radical (unpaired) electrons. The highest BCUT2D eigenvalue weighted by Gasteiger charge is 2.20. The number of nitrogens with zero attached hydrogens (tertiary/aromatic N) is 2. The van der Waals surface area contributed by atoms with Gasteiger partial charge in [-0.05, 0) is 60.7 Å². The highest BCUT2D eigenvalue weighted by molar-refractivity contribution is 6.03. The lowest BCUT2D eigenvalue weighted by atomic mass is 9.92. The summed E-state index contributed by atoms with van der Waals surface area (Å²) in [7, 11) is 0. The Morgan fingerprint density at radius 2 is 1.96 bits per heavy atom. The third kappa shape index (κ3) is 4.20. The molecule has 3 aromatic rings. The fourth-order valence-corrected chi connectivity index (χ4v) is 3.50. The van der Waals surface area contributed by atoms with E-state index in [0.29, 0.717) is 17.9 Å². The number of hydrogen-bond donors (Lipinski definition) is 2. The second kappa shape index (κ2) is 8.10. The predicted molar refractivity (Wildman–Crippen MR) is 105 cm³/mol. The number of aryl methyl sites for hydroxylation is 1. The fourth-order valence-electron chi connectivity index (χ4n) is 3.50. The van der Waals surface area contributed by atoms with E-state index in [0.717, 1.165) is 24.1 Å². The van der Waals surface area contributed by atoms with E-state index < -0.39 is 0 Å². The van der Waals surface area contributed by atoms with E-state index in [1.807, 2.05) is 48.7 Å². The molecule has 2 N–H and O–H groups in total. The number of rotatable bonds is 5. The molecule has 4 rings (SSSR count). The molecule has 1 aliphatic carbocycles. The average Bonchev–Trinajstić information content (AvgIpc) is 2.73. The molecule has 2 heterocycles. The van der Waals surface area contributed by atoms with E-state index in [-0.39, 0.29) is 11.9 Å². The molecule has 5 heteroatoms. The van der Waals surface area contributed by atoms with Gasteiger partial charge in [-0.25, -0.2) is 4.98 Å². The fraction of sp³-hybridized carbons (Fsp3) is 0.227. The first-order chi connectivity index (χ1) is 13.3. The summed E-state index contributed by atoms with van der Waals surface area (Å²) in [6.07, 6.45) is 6.88. The first kappa shape index (κ1) is 17.4. The maximum atomic E-state index is 12.5. The minimum absolute atomic E-state index is 0.153. The standard InChI is InChI=1S/C22H22N4O/c27-22(26-20-11-1-2-12-23-20)18-8-3-6-16(14-18)15-25-19-10-4-7-17-9-5-13-24-21(17)19/h1-3,5-6,8-9,11-14,19,25H,4,7,10,15H2,(H,23,26,27). The van der Waals surface area contributed by atoms with Crippen molar-refractivity contribution in [2.45, 2.75) is 31.8 Å². The highest BCUT2D eigenvalue weighted by atomic mass is 16.1. The van der Waals surface area contributed by atoms with Crippen molar-refractivity contribution in [3.63, 3.8) is 0 Å². The average molecular weight is 358 g/mol. The zero-order chi connectivity index (χ0) is 18.5. The Hall–Kier alpha value is -3.05. The van der Waals surface area contributed by atoms with Crippen LogP contribution in [0.1, 0.15) is 46.1 Å². The summed E-state index contributed by atoms with van der Waals surface area (Å²) in [5, 5.41) is 6.43. The number of pyridine rings is 2. The van der Waals surface area contributed by atoms with Gasteiger partial charge in [-0.3, -0.25) is 9.78 Å². The number of nitrogens with one attached hydrogen (secondary N) is 2. The van der Waals surface area contributed by atoms with Crippen molar-refractivity contribution in [3.05, 3.63) is 89.4 Å². The number of anilines is 1. The van der Waals surface area contributed by atoms with Crippen LogP contribution in [0.4, 0.5) is 5.82 Å². The van der Waals surface area contributed by atoms with E-state index in [1.165, 1.54) is 12.0 Å². The third-order valence-corrected chi connectivity index (χ3v) is 4.84. The Morgan fingerprint density at radius 3 is 2.85 bits per heavy atom. The van der Waals surface area contributed by atoms with E-state index in [1.54, 1.807) is 12.3 Å². The number of carbonyl (C=O) groups is 1. The van der Waals surface area contributed by atoms with Gasteiger partial charge in [0.15, 0.2) is 0 Å². The molecule has 0 bridgehead atoms. The molecule has 1 atom stereocenters. The van der Waals surface area contributed by atoms with Gasteiger partial charge < -0.3 is 10.6 Å². The van der Waals surface area contributed by atoms with Crippen molar-refractivity contribution in [2.75, 3.05) is 5.32 Å². The molecular formula is C22H22N4O. The molecule has 136 valence electrons. The quantitative estimate of drug-likeness (QED) is 0.726. The number of fused-ring (bicyclic) bond motifs is 1. The number of hydrogen-bond acceptors (Lipinski definition) is 4. The van der Waals surface area contributed by atoms with E-state index in [2.05, 4.69) is 26.7 Å². The monoisotopic (exact) mass is 358 g/mol. The van der Waals surface area contributed by atoms with Crippen LogP contribution in [0.2, 0.25) is 0 Å². The van der Waals surface area contributed by atoms with Crippen molar-refractivity contribution >= 4 is 11.7 Å². The largest absolute Gasteiger partial charge is 0.307 e. The van der Waals surface area contributed by atoms with Crippen LogP contribution < -0.4 is 10.6 Å². The van der Waals surface area contributed by atoms with Crippen LogP contribution in [0.3, 0.4) is 0 Å². The molecule has 0 saturated carbocycles. The molecule has 0 aliphatic heterocycles. The van der Waals surface area contributed by atoms with Crippen molar-refractivity contribution in [1.29, 1.82) is 0 Å². The molecular weight excluding hydrogens is 336 g/mol. The first-order valence-electron chi connectivity index (χ1n) is 9.28. The topological polar surface area (TPSA) is 66.9 Å². The molecule has 0 saturated heterocycles. The van der Waals surface area contributed by atoms with Gasteiger partial charge in [0, 0.05) is 24.5 Å². The zero-order valence-corrected chi connectivity index (χ0v) is 15.1. The van der Waals surface area contributed by atoms with Crippen LogP contribution in [0.15, 0.2) is 67.0 Å². The van der Waals surface area contributed by atoms with Gasteiger partial charge in [-0.2, -0.15) is 0 Å². The van der Waals surface area contributed by atoms with Gasteiger partial charge in [-0.15, -0.1) is 0 Å². The van der Waals surface area contributed by atoms with Crippen LogP contribution in [-0.4, -0.2) is 15.9 Å². The smallest absolute Gasteiger partial charge is 0.256 e. The molecule has 2 aromatic heterocycles. The van der Waals surface area contributed by atoms with Crippen LogP contribution in [0, 0.1) is 0 Å². The van der Waals surface area contributed by atoms with E-state index in [9.17, 15) is 4.79 Å². The second-order valence-corrected chi connectivity index (χ2v) is 6.74. The third-order valence-electron chi connectivity index (χ3n) is 4.84. The second-order valence-electron chi connectivity index (χ2n) is 6.74. The van der Waals surface area contributed by atoms with Gasteiger partial charge in [0.25, 0.3) is 5.91 Å². The lowest BCUT2D eigenvalue weighted by molar-refractivity contribution is 0.102. The summed E-state index contributed by atoms with van der Waals surface area (Å²) < 4.78 is 0. The maximum Gasteiger partial charge on any atom is 0.256 e. The van der Waals surface area contributed by atoms with Gasteiger partial charge in [0.1, 0.15) is 5.82 Å². The minimum atomic E-state index is -0.153.